The van der Waals surface area contributed by atoms with Gasteiger partial charge in [-0.25, -0.2) is 4.79 Å². The van der Waals surface area contributed by atoms with Crippen LogP contribution in [-0.2, 0) is 13.6 Å². The number of nitrogens with zero attached hydrogens (tertiary/aromatic N) is 4. The summed E-state index contributed by atoms with van der Waals surface area (Å²) in [5.41, 5.74) is 1.68. The molecule has 1 fully saturated rings. The van der Waals surface area contributed by atoms with Gasteiger partial charge in [0.15, 0.2) is 22.9 Å². The number of nitro groups is 1. The van der Waals surface area contributed by atoms with Gasteiger partial charge in [-0.2, -0.15) is 4.86 Å². The van der Waals surface area contributed by atoms with Crippen LogP contribution in [0.5, 0.6) is 0 Å². The summed E-state index contributed by atoms with van der Waals surface area (Å²) in [5.74, 6) is 0. The largest absolute Gasteiger partial charge is 0.696 e. The maximum absolute atomic E-state index is 13.1. The molecule has 1 aromatic carbocycles. The first-order chi connectivity index (χ1) is 19.6. The number of anilines is 1. The minimum Gasteiger partial charge on any atom is -0.696 e. The number of nitro benzene ring substituents is 1. The van der Waals surface area contributed by atoms with Crippen LogP contribution in [0.25, 0.3) is 0 Å². The van der Waals surface area contributed by atoms with E-state index in [0.29, 0.717) is 10.5 Å². The van der Waals surface area contributed by atoms with Crippen LogP contribution < -0.4 is 16.7 Å². The van der Waals surface area contributed by atoms with Crippen LogP contribution in [-0.4, -0.2) is 60.8 Å². The van der Waals surface area contributed by atoms with Crippen molar-refractivity contribution < 1.29 is 23.4 Å². The average molecular weight is 637 g/mol. The summed E-state index contributed by atoms with van der Waals surface area (Å²) in [6, 6.07) is 6.70. The van der Waals surface area contributed by atoms with E-state index in [9.17, 15) is 24.9 Å². The number of aromatic amines is 1. The normalized spacial score (nSPS) is 22.0. The Hall–Kier alpha value is -3.19. The number of nitrogens with one attached hydrogen (secondary N) is 2. The van der Waals surface area contributed by atoms with Gasteiger partial charge in [-0.05, 0) is 48.4 Å². The van der Waals surface area contributed by atoms with Gasteiger partial charge in [0.25, 0.3) is 11.2 Å². The lowest BCUT2D eigenvalue weighted by atomic mass is 10.1. The van der Waals surface area contributed by atoms with E-state index in [0.717, 1.165) is 0 Å². The maximum Gasteiger partial charge on any atom is 0.330 e. The highest BCUT2D eigenvalue weighted by Gasteiger charge is 2.55. The highest BCUT2D eigenvalue weighted by atomic mass is 28.4. The maximum atomic E-state index is 13.1. The molecular weight excluding hydrogens is 593 g/mol. The lowest BCUT2D eigenvalue weighted by Crippen LogP contribution is -2.54. The van der Waals surface area contributed by atoms with E-state index in [1.807, 2.05) is 0 Å². The standard InChI is InChI=1S/C27H44N6O8Si2/c1-26(2,3)42(7,8)40-22-20(17-32(36)30-29-18-11-13-19(14-12-18)33(37)38)39-24(31-16-15-21(34)28-25(31)35)23(22)41-43(9,10)27(4,5)6/h11-16,20,22-24,29H,17H2,1-10H3,(H,28,34,35)/b32-30+/t20-,22-,23-,24-/m1/s1. The fourth-order valence-electron chi connectivity index (χ4n) is 3.97. The number of H-pyrrole nitrogens is 1. The van der Waals surface area contributed by atoms with Gasteiger partial charge in [-0.15, -0.1) is 5.43 Å². The Morgan fingerprint density at radius 1 is 0.953 bits per heavy atom. The fraction of sp³-hybridized carbons (Fsp3) is 0.630. The molecule has 0 saturated carbocycles. The molecule has 238 valence electrons. The Bertz CT molecular complexity index is 1440. The van der Waals surface area contributed by atoms with Crippen LogP contribution in [0, 0.1) is 15.3 Å². The molecule has 2 heterocycles. The van der Waals surface area contributed by atoms with Crippen LogP contribution in [0.15, 0.2) is 51.3 Å². The van der Waals surface area contributed by atoms with E-state index < -0.39 is 57.3 Å². The molecule has 2 aromatic rings. The summed E-state index contributed by atoms with van der Waals surface area (Å²) in [4.78, 5) is 37.9. The fourth-order valence-corrected chi connectivity index (χ4v) is 6.58. The third-order valence-electron chi connectivity index (χ3n) is 8.59. The Kier molecular flexibility index (Phi) is 9.92. The Labute approximate surface area is 253 Å². The number of non-ortho nitro benzene ring substituents is 1. The van der Waals surface area contributed by atoms with Crippen molar-refractivity contribution in [2.24, 2.45) is 5.22 Å². The molecule has 14 nitrogen and oxygen atoms in total. The average Bonchev–Trinajstić information content (AvgIpc) is 3.16. The van der Waals surface area contributed by atoms with Gasteiger partial charge in [0.1, 0.15) is 30.5 Å². The summed E-state index contributed by atoms with van der Waals surface area (Å²) < 4.78 is 21.5. The zero-order valence-electron chi connectivity index (χ0n) is 26.5. The molecule has 0 aliphatic carbocycles. The van der Waals surface area contributed by atoms with E-state index in [1.54, 1.807) is 0 Å². The van der Waals surface area contributed by atoms with E-state index in [2.05, 4.69) is 83.4 Å². The Morgan fingerprint density at radius 3 is 1.98 bits per heavy atom. The van der Waals surface area contributed by atoms with Gasteiger partial charge in [-0.1, -0.05) is 41.5 Å². The van der Waals surface area contributed by atoms with Crippen molar-refractivity contribution >= 4 is 28.0 Å². The zero-order valence-corrected chi connectivity index (χ0v) is 28.5. The van der Waals surface area contributed by atoms with Gasteiger partial charge >= 0.3 is 5.69 Å². The van der Waals surface area contributed by atoms with Crippen molar-refractivity contribution in [3.05, 3.63) is 72.7 Å². The molecule has 43 heavy (non-hydrogen) atoms. The summed E-state index contributed by atoms with van der Waals surface area (Å²) in [6.07, 6.45) is -2.03. The van der Waals surface area contributed by atoms with E-state index in [-0.39, 0.29) is 22.3 Å². The summed E-state index contributed by atoms with van der Waals surface area (Å²) >= 11 is 0. The second-order valence-corrected chi connectivity index (χ2v) is 23.3. The summed E-state index contributed by atoms with van der Waals surface area (Å²) in [7, 11) is -4.96. The predicted molar refractivity (Wildman–Crippen MR) is 167 cm³/mol. The minimum absolute atomic E-state index is 0.0918. The van der Waals surface area contributed by atoms with Crippen LogP contribution in [0.2, 0.25) is 36.3 Å². The molecule has 1 aliphatic heterocycles. The van der Waals surface area contributed by atoms with E-state index in [4.69, 9.17) is 13.6 Å². The van der Waals surface area contributed by atoms with Crippen molar-refractivity contribution in [1.29, 1.82) is 0 Å². The second kappa shape index (κ2) is 12.4. The molecule has 1 saturated heterocycles. The first kappa shape index (κ1) is 34.3. The van der Waals surface area contributed by atoms with Gasteiger partial charge in [0.05, 0.1) is 10.1 Å². The number of hydrogen-bond acceptors (Lipinski definition) is 9. The molecule has 0 spiro atoms. The SMILES string of the molecule is CC(C)(C)[Si](C)(C)O[C@@H]1[C@H](O[Si](C)(C)C(C)(C)C)[C@@H](C/[N+]([O-])=N\Nc2ccc([N+](=O)[O-])cc2)O[C@H]1n1ccc(=O)[nH]c1=O. The molecule has 0 bridgehead atoms. The van der Waals surface area contributed by atoms with Crippen molar-refractivity contribution in [3.8, 4) is 0 Å². The quantitative estimate of drug-likeness (QED) is 0.118. The van der Waals surface area contributed by atoms with Gasteiger partial charge in [0.2, 0.25) is 0 Å². The minimum atomic E-state index is -2.48. The highest BCUT2D eigenvalue weighted by molar-refractivity contribution is 6.74. The number of hydroxylamine groups is 1. The molecule has 1 aromatic heterocycles. The van der Waals surface area contributed by atoms with Gasteiger partial charge in [0, 0.05) is 24.4 Å². The number of ether oxygens (including phenoxy) is 1. The van der Waals surface area contributed by atoms with Crippen LogP contribution in [0.3, 0.4) is 0 Å². The lowest BCUT2D eigenvalue weighted by Gasteiger charge is -2.44. The molecular formula is C27H44N6O8Si2. The van der Waals surface area contributed by atoms with Crippen LogP contribution in [0.4, 0.5) is 11.4 Å². The smallest absolute Gasteiger partial charge is 0.330 e. The zero-order chi connectivity index (χ0) is 32.5. The molecule has 2 N–H and O–H groups in total. The lowest BCUT2D eigenvalue weighted by molar-refractivity contribution is -0.538. The van der Waals surface area contributed by atoms with Crippen molar-refractivity contribution in [2.45, 2.75) is 102 Å². The molecule has 4 atom stereocenters. The van der Waals surface area contributed by atoms with E-state index in [1.165, 1.54) is 41.1 Å². The first-order valence-corrected chi connectivity index (χ1v) is 19.9. The molecule has 0 amide bonds. The second-order valence-electron chi connectivity index (χ2n) is 13.8. The summed E-state index contributed by atoms with van der Waals surface area (Å²) in [5, 5.41) is 27.5. The van der Waals surface area contributed by atoms with Crippen molar-refractivity contribution in [2.75, 3.05) is 12.0 Å². The summed E-state index contributed by atoms with van der Waals surface area (Å²) in [6.45, 7) is 20.7. The van der Waals surface area contributed by atoms with Crippen LogP contribution >= 0.6 is 0 Å². The van der Waals surface area contributed by atoms with E-state index >= 15 is 0 Å². The molecule has 0 unspecified atom stereocenters. The van der Waals surface area contributed by atoms with Crippen molar-refractivity contribution in [1.82, 2.24) is 9.55 Å². The van der Waals surface area contributed by atoms with Gasteiger partial charge in [-0.3, -0.25) is 24.5 Å². The molecule has 1 aliphatic rings. The Balaban J connectivity index is 2.04. The first-order valence-electron chi connectivity index (χ1n) is 14.1. The number of aromatic nitrogens is 2. The molecule has 3 rings (SSSR count). The topological polar surface area (TPSA) is 176 Å². The predicted octanol–water partition coefficient (Wildman–Crippen LogP) is 5.11. The molecule has 0 radical (unpaired) electrons. The number of rotatable bonds is 10. The third-order valence-corrected chi connectivity index (χ3v) is 17.5. The molecule has 16 heteroatoms. The monoisotopic (exact) mass is 636 g/mol. The van der Waals surface area contributed by atoms with Gasteiger partial charge < -0.3 is 18.8 Å². The Morgan fingerprint density at radius 2 is 1.49 bits per heavy atom. The number of hydrogen-bond donors (Lipinski definition) is 2. The third kappa shape index (κ3) is 8.05. The van der Waals surface area contributed by atoms with Crippen LogP contribution in [0.1, 0.15) is 47.8 Å². The highest BCUT2D eigenvalue weighted by Crippen LogP contribution is 2.45. The van der Waals surface area contributed by atoms with Crippen molar-refractivity contribution in [3.63, 3.8) is 0 Å². The number of benzene rings is 1.